The summed E-state index contributed by atoms with van der Waals surface area (Å²) in [4.78, 5) is 2.51. The van der Waals surface area contributed by atoms with E-state index in [1.54, 1.807) is 0 Å². The molecule has 0 radical (unpaired) electrons. The van der Waals surface area contributed by atoms with E-state index in [9.17, 15) is 0 Å². The maximum Gasteiger partial charge on any atom is 0.0543 e. The highest BCUT2D eigenvalue weighted by Crippen LogP contribution is 2.55. The molecular formula is C55H39NS. The van der Waals surface area contributed by atoms with Crippen molar-refractivity contribution < 1.29 is 0 Å². The van der Waals surface area contributed by atoms with Crippen molar-refractivity contribution in [1.82, 2.24) is 0 Å². The second-order valence-corrected chi connectivity index (χ2v) is 16.7. The van der Waals surface area contributed by atoms with Crippen molar-refractivity contribution in [3.05, 3.63) is 211 Å². The second-order valence-electron chi connectivity index (χ2n) is 15.6. The van der Waals surface area contributed by atoms with Gasteiger partial charge in [-0.15, -0.1) is 11.3 Å². The maximum absolute atomic E-state index is 2.51. The standard InChI is InChI=1S/C55H39NS/c1-55(2)47-24-11-8-21-45(47)54-48(55)25-15-27-50(54)56(49-26-12-9-20-43(49)44-23-14-29-52-53(44)46-22-10-13-28-51(46)57-52)38-32-30-37(31-33-38)40-35-34-39(36-16-4-3-5-17-36)41-18-6-7-19-42(40)41/h3-35H,1-2H3. The van der Waals surface area contributed by atoms with Gasteiger partial charge in [0.15, 0.2) is 0 Å². The highest BCUT2D eigenvalue weighted by atomic mass is 32.1. The Morgan fingerprint density at radius 3 is 1.68 bits per heavy atom. The fourth-order valence-corrected chi connectivity index (χ4v) is 10.6. The van der Waals surface area contributed by atoms with E-state index >= 15 is 0 Å². The van der Waals surface area contributed by atoms with Crippen LogP contribution in [0.3, 0.4) is 0 Å². The fourth-order valence-electron chi connectivity index (χ4n) is 9.44. The van der Waals surface area contributed by atoms with Gasteiger partial charge in [-0.25, -0.2) is 0 Å². The van der Waals surface area contributed by atoms with Crippen molar-refractivity contribution >= 4 is 59.3 Å². The lowest BCUT2D eigenvalue weighted by molar-refractivity contribution is 0.660. The van der Waals surface area contributed by atoms with E-state index in [0.29, 0.717) is 0 Å². The minimum absolute atomic E-state index is 0.120. The molecule has 1 aromatic heterocycles. The van der Waals surface area contributed by atoms with Crippen LogP contribution in [-0.2, 0) is 5.41 Å². The number of para-hydroxylation sites is 1. The Balaban J connectivity index is 1.13. The van der Waals surface area contributed by atoms with Gasteiger partial charge in [-0.2, -0.15) is 0 Å². The molecule has 1 heterocycles. The molecule has 10 aromatic rings. The normalized spacial score (nSPS) is 12.9. The first kappa shape index (κ1) is 33.6. The van der Waals surface area contributed by atoms with Crippen molar-refractivity contribution in [1.29, 1.82) is 0 Å². The highest BCUT2D eigenvalue weighted by Gasteiger charge is 2.38. The molecule has 0 spiro atoms. The molecule has 1 aliphatic carbocycles. The minimum atomic E-state index is -0.120. The molecular weight excluding hydrogens is 707 g/mol. The third kappa shape index (κ3) is 5.29. The van der Waals surface area contributed by atoms with Gasteiger partial charge >= 0.3 is 0 Å². The second kappa shape index (κ2) is 13.2. The monoisotopic (exact) mass is 745 g/mol. The largest absolute Gasteiger partial charge is 0.309 e. The number of fused-ring (bicyclic) bond motifs is 7. The van der Waals surface area contributed by atoms with Crippen molar-refractivity contribution in [2.24, 2.45) is 0 Å². The average Bonchev–Trinajstić information content (AvgIpc) is 3.77. The van der Waals surface area contributed by atoms with Crippen molar-refractivity contribution in [3.8, 4) is 44.5 Å². The summed E-state index contributed by atoms with van der Waals surface area (Å²) in [5, 5.41) is 5.14. The van der Waals surface area contributed by atoms with Crippen LogP contribution in [0.2, 0.25) is 0 Å². The predicted octanol–water partition coefficient (Wildman–Crippen LogP) is 16.0. The summed E-state index contributed by atoms with van der Waals surface area (Å²) in [6, 6.07) is 73.8. The molecule has 270 valence electrons. The van der Waals surface area contributed by atoms with Gasteiger partial charge in [0.25, 0.3) is 0 Å². The van der Waals surface area contributed by atoms with E-state index in [1.165, 1.54) is 92.3 Å². The molecule has 0 N–H and O–H groups in total. The van der Waals surface area contributed by atoms with E-state index < -0.39 is 0 Å². The lowest BCUT2D eigenvalue weighted by atomic mass is 9.82. The van der Waals surface area contributed by atoms with Crippen LogP contribution in [0, 0.1) is 0 Å². The molecule has 0 saturated carbocycles. The predicted molar refractivity (Wildman–Crippen MR) is 245 cm³/mol. The number of thiophene rings is 1. The number of benzene rings is 9. The zero-order valence-corrected chi connectivity index (χ0v) is 32.7. The Morgan fingerprint density at radius 2 is 0.912 bits per heavy atom. The summed E-state index contributed by atoms with van der Waals surface area (Å²) < 4.78 is 2.62. The van der Waals surface area contributed by atoms with Crippen LogP contribution < -0.4 is 4.90 Å². The molecule has 1 aliphatic rings. The molecule has 2 heteroatoms. The van der Waals surface area contributed by atoms with Gasteiger partial charge in [0.2, 0.25) is 0 Å². The van der Waals surface area contributed by atoms with Crippen LogP contribution in [-0.4, -0.2) is 0 Å². The Bertz CT molecular complexity index is 3150. The zero-order chi connectivity index (χ0) is 38.1. The van der Waals surface area contributed by atoms with E-state index in [0.717, 1.165) is 11.4 Å². The molecule has 0 fully saturated rings. The molecule has 9 aromatic carbocycles. The number of nitrogens with zero attached hydrogens (tertiary/aromatic N) is 1. The Kier molecular flexibility index (Phi) is 7.77. The quantitative estimate of drug-likeness (QED) is 0.164. The molecule has 0 atom stereocenters. The first-order valence-electron chi connectivity index (χ1n) is 19.8. The minimum Gasteiger partial charge on any atom is -0.309 e. The molecule has 0 amide bonds. The SMILES string of the molecule is CC1(C)c2ccccc2-c2c(N(c3ccc(-c4ccc(-c5ccccc5)c5ccccc45)cc3)c3ccccc3-c3cccc4sc5ccccc5c34)cccc21. The van der Waals surface area contributed by atoms with Crippen LogP contribution in [0.15, 0.2) is 200 Å². The van der Waals surface area contributed by atoms with E-state index in [-0.39, 0.29) is 5.41 Å². The van der Waals surface area contributed by atoms with Crippen LogP contribution in [0.4, 0.5) is 17.1 Å². The van der Waals surface area contributed by atoms with Gasteiger partial charge in [0.05, 0.1) is 11.4 Å². The zero-order valence-electron chi connectivity index (χ0n) is 31.9. The third-order valence-electron chi connectivity index (χ3n) is 12.1. The van der Waals surface area contributed by atoms with Crippen molar-refractivity contribution in [3.63, 3.8) is 0 Å². The topological polar surface area (TPSA) is 3.24 Å². The third-order valence-corrected chi connectivity index (χ3v) is 13.2. The Hall–Kier alpha value is -6.74. The lowest BCUT2D eigenvalue weighted by Crippen LogP contribution is -2.16. The summed E-state index contributed by atoms with van der Waals surface area (Å²) in [7, 11) is 0. The van der Waals surface area contributed by atoms with Gasteiger partial charge in [-0.3, -0.25) is 0 Å². The summed E-state index contributed by atoms with van der Waals surface area (Å²) in [5.41, 5.74) is 16.1. The molecule has 0 bridgehead atoms. The van der Waals surface area contributed by atoms with Gasteiger partial charge in [0, 0.05) is 42.4 Å². The molecule has 0 saturated heterocycles. The van der Waals surface area contributed by atoms with E-state index in [4.69, 9.17) is 0 Å². The van der Waals surface area contributed by atoms with Gasteiger partial charge in [-0.05, 0) is 91.7 Å². The van der Waals surface area contributed by atoms with Crippen LogP contribution in [0.5, 0.6) is 0 Å². The number of rotatable bonds is 6. The van der Waals surface area contributed by atoms with Crippen molar-refractivity contribution in [2.75, 3.05) is 4.90 Å². The van der Waals surface area contributed by atoms with Crippen LogP contribution in [0.25, 0.3) is 75.5 Å². The smallest absolute Gasteiger partial charge is 0.0543 e. The highest BCUT2D eigenvalue weighted by molar-refractivity contribution is 7.25. The van der Waals surface area contributed by atoms with Gasteiger partial charge in [-0.1, -0.05) is 178 Å². The maximum atomic E-state index is 2.51. The average molecular weight is 746 g/mol. The molecule has 1 nitrogen and oxygen atoms in total. The summed E-state index contributed by atoms with van der Waals surface area (Å²) in [6.07, 6.45) is 0. The van der Waals surface area contributed by atoms with Crippen LogP contribution in [0.1, 0.15) is 25.0 Å². The number of anilines is 3. The molecule has 0 aliphatic heterocycles. The lowest BCUT2D eigenvalue weighted by Gasteiger charge is -2.31. The summed E-state index contributed by atoms with van der Waals surface area (Å²) in [5.74, 6) is 0. The molecule has 0 unspecified atom stereocenters. The number of hydrogen-bond donors (Lipinski definition) is 0. The molecule has 57 heavy (non-hydrogen) atoms. The fraction of sp³-hybridized carbons (Fsp3) is 0.0545. The molecule has 11 rings (SSSR count). The first-order valence-corrected chi connectivity index (χ1v) is 20.6. The van der Waals surface area contributed by atoms with Gasteiger partial charge in [0.1, 0.15) is 0 Å². The summed E-state index contributed by atoms with van der Waals surface area (Å²) in [6.45, 7) is 4.73. The van der Waals surface area contributed by atoms with Gasteiger partial charge < -0.3 is 4.90 Å². The number of hydrogen-bond acceptors (Lipinski definition) is 2. The van der Waals surface area contributed by atoms with E-state index in [1.807, 2.05) is 11.3 Å². The van der Waals surface area contributed by atoms with E-state index in [2.05, 4.69) is 219 Å². The van der Waals surface area contributed by atoms with Crippen LogP contribution >= 0.6 is 11.3 Å². The first-order chi connectivity index (χ1) is 28.1. The van der Waals surface area contributed by atoms with Crippen molar-refractivity contribution in [2.45, 2.75) is 19.3 Å². The Labute approximate surface area is 337 Å². The Morgan fingerprint density at radius 1 is 0.368 bits per heavy atom. The summed E-state index contributed by atoms with van der Waals surface area (Å²) >= 11 is 1.87.